The van der Waals surface area contributed by atoms with E-state index in [4.69, 9.17) is 5.73 Å². The van der Waals surface area contributed by atoms with Gasteiger partial charge in [-0.05, 0) is 69.7 Å². The van der Waals surface area contributed by atoms with E-state index >= 15 is 0 Å². The van der Waals surface area contributed by atoms with Crippen LogP contribution < -0.4 is 5.73 Å². The zero-order chi connectivity index (χ0) is 13.0. The third-order valence-electron chi connectivity index (χ3n) is 5.86. The molecule has 4 aliphatic carbocycles. The van der Waals surface area contributed by atoms with Gasteiger partial charge in [-0.2, -0.15) is 0 Å². The molecule has 4 bridgehead atoms. The van der Waals surface area contributed by atoms with E-state index in [0.29, 0.717) is 12.1 Å². The quantitative estimate of drug-likeness (QED) is 0.907. The van der Waals surface area contributed by atoms with Gasteiger partial charge in [-0.25, -0.2) is 4.98 Å². The smallest absolute Gasteiger partial charge is 0.110 e. The number of aryl methyl sites for hydroxylation is 1. The SMILES string of the molecule is Cc1cnc(CCN)n1C12CC3CC(CC(C3)C1)C2. The maximum atomic E-state index is 5.78. The van der Waals surface area contributed by atoms with Crippen LogP contribution in [0.25, 0.3) is 0 Å². The fourth-order valence-electron chi connectivity index (χ4n) is 5.78. The van der Waals surface area contributed by atoms with Crippen LogP contribution in [0.4, 0.5) is 0 Å². The molecule has 1 aromatic heterocycles. The van der Waals surface area contributed by atoms with Crippen molar-refractivity contribution in [1.29, 1.82) is 0 Å². The fraction of sp³-hybridized carbons (Fsp3) is 0.812. The van der Waals surface area contributed by atoms with E-state index in [1.165, 1.54) is 50.0 Å². The normalized spacial score (nSPS) is 40.0. The van der Waals surface area contributed by atoms with Crippen molar-refractivity contribution in [3.8, 4) is 0 Å². The predicted octanol–water partition coefficient (Wildman–Crippen LogP) is 2.62. The molecule has 4 fully saturated rings. The standard InChI is InChI=1S/C16H25N3/c1-11-10-18-15(2-3-17)19(11)16-7-12-4-13(8-16)6-14(5-12)9-16/h10,12-14H,2-9,17H2,1H3. The summed E-state index contributed by atoms with van der Waals surface area (Å²) in [5, 5.41) is 0. The van der Waals surface area contributed by atoms with Gasteiger partial charge in [0.2, 0.25) is 0 Å². The summed E-state index contributed by atoms with van der Waals surface area (Å²) in [5.41, 5.74) is 7.53. The number of hydrogen-bond donors (Lipinski definition) is 1. The van der Waals surface area contributed by atoms with Crippen LogP contribution in [-0.4, -0.2) is 16.1 Å². The molecule has 0 aliphatic heterocycles. The van der Waals surface area contributed by atoms with Crippen LogP contribution in [0.3, 0.4) is 0 Å². The molecule has 0 spiro atoms. The average molecular weight is 259 g/mol. The van der Waals surface area contributed by atoms with Gasteiger partial charge in [0, 0.05) is 23.9 Å². The molecule has 1 aromatic rings. The van der Waals surface area contributed by atoms with Gasteiger partial charge in [-0.3, -0.25) is 0 Å². The van der Waals surface area contributed by atoms with Gasteiger partial charge in [-0.15, -0.1) is 0 Å². The summed E-state index contributed by atoms with van der Waals surface area (Å²) in [6.07, 6.45) is 11.7. The van der Waals surface area contributed by atoms with Crippen LogP contribution >= 0.6 is 0 Å². The number of imidazole rings is 1. The second-order valence-electron chi connectivity index (χ2n) is 7.33. The molecule has 4 saturated carbocycles. The first-order valence-corrected chi connectivity index (χ1v) is 7.94. The van der Waals surface area contributed by atoms with Gasteiger partial charge in [-0.1, -0.05) is 0 Å². The maximum Gasteiger partial charge on any atom is 0.110 e. The second kappa shape index (κ2) is 4.08. The number of rotatable bonds is 3. The molecule has 104 valence electrons. The Balaban J connectivity index is 1.77. The molecule has 0 atom stereocenters. The van der Waals surface area contributed by atoms with Crippen LogP contribution in [0.2, 0.25) is 0 Å². The van der Waals surface area contributed by atoms with Gasteiger partial charge in [0.15, 0.2) is 0 Å². The highest BCUT2D eigenvalue weighted by Gasteiger charge is 2.52. The second-order valence-corrected chi connectivity index (χ2v) is 7.33. The number of nitrogens with two attached hydrogens (primary N) is 1. The van der Waals surface area contributed by atoms with E-state index in [1.54, 1.807) is 0 Å². The molecule has 4 aliphatic rings. The lowest BCUT2D eigenvalue weighted by molar-refractivity contribution is -0.0452. The zero-order valence-corrected chi connectivity index (χ0v) is 11.9. The van der Waals surface area contributed by atoms with E-state index in [1.807, 2.05) is 0 Å². The Morgan fingerprint density at radius 3 is 2.32 bits per heavy atom. The Kier molecular flexibility index (Phi) is 2.57. The molecule has 5 rings (SSSR count). The van der Waals surface area contributed by atoms with Crippen molar-refractivity contribution in [2.45, 2.75) is 57.4 Å². The van der Waals surface area contributed by atoms with E-state index in [-0.39, 0.29) is 0 Å². The average Bonchev–Trinajstić information content (AvgIpc) is 2.70. The molecule has 3 nitrogen and oxygen atoms in total. The van der Waals surface area contributed by atoms with Crippen molar-refractivity contribution in [3.05, 3.63) is 17.7 Å². The fourth-order valence-corrected chi connectivity index (χ4v) is 5.78. The number of nitrogens with zero attached hydrogens (tertiary/aromatic N) is 2. The minimum atomic E-state index is 0.403. The lowest BCUT2D eigenvalue weighted by Crippen LogP contribution is -2.52. The van der Waals surface area contributed by atoms with Crippen LogP contribution in [0.15, 0.2) is 6.20 Å². The third-order valence-corrected chi connectivity index (χ3v) is 5.86. The molecule has 0 saturated heterocycles. The molecule has 3 heteroatoms. The van der Waals surface area contributed by atoms with Gasteiger partial charge in [0.05, 0.1) is 0 Å². The van der Waals surface area contributed by atoms with Crippen molar-refractivity contribution in [2.24, 2.45) is 23.5 Å². The van der Waals surface area contributed by atoms with E-state index in [0.717, 1.165) is 24.2 Å². The number of hydrogen-bond acceptors (Lipinski definition) is 2. The molecule has 0 radical (unpaired) electrons. The summed E-state index contributed by atoms with van der Waals surface area (Å²) in [6.45, 7) is 2.94. The van der Waals surface area contributed by atoms with E-state index in [9.17, 15) is 0 Å². The highest BCUT2D eigenvalue weighted by molar-refractivity contribution is 5.15. The van der Waals surface area contributed by atoms with Crippen molar-refractivity contribution in [2.75, 3.05) is 6.54 Å². The molecule has 1 heterocycles. The van der Waals surface area contributed by atoms with Crippen molar-refractivity contribution >= 4 is 0 Å². The Bertz CT molecular complexity index is 453. The van der Waals surface area contributed by atoms with Crippen LogP contribution in [0.1, 0.15) is 50.0 Å². The van der Waals surface area contributed by atoms with E-state index < -0.39 is 0 Å². The monoisotopic (exact) mass is 259 g/mol. The van der Waals surface area contributed by atoms with Crippen molar-refractivity contribution in [3.63, 3.8) is 0 Å². The summed E-state index contributed by atoms with van der Waals surface area (Å²) in [5.74, 6) is 4.19. The Labute approximate surface area is 115 Å². The van der Waals surface area contributed by atoms with Crippen LogP contribution in [-0.2, 0) is 12.0 Å². The van der Waals surface area contributed by atoms with Gasteiger partial charge >= 0.3 is 0 Å². The maximum absolute atomic E-state index is 5.78. The topological polar surface area (TPSA) is 43.8 Å². The zero-order valence-electron chi connectivity index (χ0n) is 11.9. The minimum Gasteiger partial charge on any atom is -0.330 e. The number of aromatic nitrogens is 2. The highest BCUT2D eigenvalue weighted by atomic mass is 15.2. The summed E-state index contributed by atoms with van der Waals surface area (Å²) in [4.78, 5) is 4.65. The summed E-state index contributed by atoms with van der Waals surface area (Å²) < 4.78 is 2.60. The molecule has 0 aromatic carbocycles. The van der Waals surface area contributed by atoms with Crippen LogP contribution in [0, 0.1) is 24.7 Å². The van der Waals surface area contributed by atoms with E-state index in [2.05, 4.69) is 22.7 Å². The lowest BCUT2D eigenvalue weighted by atomic mass is 9.53. The summed E-state index contributed by atoms with van der Waals surface area (Å²) in [7, 11) is 0. The third kappa shape index (κ3) is 1.70. The van der Waals surface area contributed by atoms with Crippen molar-refractivity contribution in [1.82, 2.24) is 9.55 Å². The largest absolute Gasteiger partial charge is 0.330 e. The Morgan fingerprint density at radius 1 is 1.21 bits per heavy atom. The highest BCUT2D eigenvalue weighted by Crippen LogP contribution is 2.59. The molecule has 2 N–H and O–H groups in total. The first-order valence-electron chi connectivity index (χ1n) is 7.94. The summed E-state index contributed by atoms with van der Waals surface area (Å²) in [6, 6.07) is 0. The molecule has 19 heavy (non-hydrogen) atoms. The first kappa shape index (κ1) is 12.0. The first-order chi connectivity index (χ1) is 9.20. The molecular weight excluding hydrogens is 234 g/mol. The molecule has 0 amide bonds. The Hall–Kier alpha value is -0.830. The molecule has 0 unspecified atom stereocenters. The van der Waals surface area contributed by atoms with Gasteiger partial charge in [0.1, 0.15) is 5.82 Å². The Morgan fingerprint density at radius 2 is 1.79 bits per heavy atom. The molecular formula is C16H25N3. The van der Waals surface area contributed by atoms with Gasteiger partial charge in [0.25, 0.3) is 0 Å². The van der Waals surface area contributed by atoms with Gasteiger partial charge < -0.3 is 10.3 Å². The van der Waals surface area contributed by atoms with Crippen molar-refractivity contribution < 1.29 is 0 Å². The summed E-state index contributed by atoms with van der Waals surface area (Å²) >= 11 is 0. The van der Waals surface area contributed by atoms with Crippen LogP contribution in [0.5, 0.6) is 0 Å². The predicted molar refractivity (Wildman–Crippen MR) is 75.9 cm³/mol. The minimum absolute atomic E-state index is 0.403. The lowest BCUT2D eigenvalue weighted by Gasteiger charge is -2.57.